The smallest absolute Gasteiger partial charge is 0.318 e. The molecule has 0 aromatic heterocycles. The molecule has 0 heterocycles. The molecule has 0 aromatic carbocycles. The van der Waals surface area contributed by atoms with E-state index in [2.05, 4.69) is 4.74 Å². The van der Waals surface area contributed by atoms with Gasteiger partial charge in [0.15, 0.2) is 0 Å². The van der Waals surface area contributed by atoms with Crippen molar-refractivity contribution in [3.63, 3.8) is 0 Å². The summed E-state index contributed by atoms with van der Waals surface area (Å²) >= 11 is 0. The van der Waals surface area contributed by atoms with E-state index in [9.17, 15) is 18.0 Å². The molecule has 0 bridgehead atoms. The van der Waals surface area contributed by atoms with Crippen LogP contribution in [-0.4, -0.2) is 54.2 Å². The third-order valence-corrected chi connectivity index (χ3v) is 4.30. The lowest BCUT2D eigenvalue weighted by atomic mass is 10.1. The number of sulfonamides is 1. The zero-order chi connectivity index (χ0) is 15.3. The van der Waals surface area contributed by atoms with Gasteiger partial charge >= 0.3 is 11.9 Å². The third kappa shape index (κ3) is 6.53. The van der Waals surface area contributed by atoms with Crippen molar-refractivity contribution >= 4 is 22.0 Å². The van der Waals surface area contributed by atoms with Crippen LogP contribution in [0, 0.1) is 0 Å². The molecule has 0 fully saturated rings. The van der Waals surface area contributed by atoms with Gasteiger partial charge in [-0.05, 0) is 27.7 Å². The first-order chi connectivity index (χ1) is 8.50. The average Bonchev–Trinajstić information content (AvgIpc) is 2.22. The molecule has 0 aromatic rings. The highest BCUT2D eigenvalue weighted by Crippen LogP contribution is 2.18. The van der Waals surface area contributed by atoms with Gasteiger partial charge in [0.2, 0.25) is 10.0 Å². The van der Waals surface area contributed by atoms with E-state index in [1.54, 1.807) is 27.7 Å². The fourth-order valence-electron chi connectivity index (χ4n) is 1.43. The van der Waals surface area contributed by atoms with Crippen molar-refractivity contribution < 1.29 is 27.9 Å². The first kappa shape index (κ1) is 17.8. The molecule has 0 aliphatic carbocycles. The Balaban J connectivity index is 4.90. The molecule has 19 heavy (non-hydrogen) atoms. The van der Waals surface area contributed by atoms with Crippen LogP contribution in [-0.2, 0) is 24.3 Å². The van der Waals surface area contributed by atoms with Crippen LogP contribution in [0.1, 0.15) is 34.1 Å². The quantitative estimate of drug-likeness (QED) is 0.684. The Morgan fingerprint density at radius 1 is 1.26 bits per heavy atom. The molecule has 0 spiro atoms. The van der Waals surface area contributed by atoms with Crippen molar-refractivity contribution in [2.75, 3.05) is 18.9 Å². The van der Waals surface area contributed by atoms with Gasteiger partial charge < -0.3 is 9.84 Å². The number of esters is 1. The first-order valence-corrected chi connectivity index (χ1v) is 7.49. The number of ether oxygens (including phenoxy) is 1. The molecule has 0 aliphatic rings. The summed E-state index contributed by atoms with van der Waals surface area (Å²) in [5, 5.41) is 8.77. The van der Waals surface area contributed by atoms with Crippen molar-refractivity contribution in [1.82, 2.24) is 4.31 Å². The SMILES string of the molecule is CCOC(=O)CCS(=O)(=O)N(CC(=O)O)C(C)(C)C. The van der Waals surface area contributed by atoms with E-state index in [0.29, 0.717) is 0 Å². The van der Waals surface area contributed by atoms with Crippen molar-refractivity contribution in [2.45, 2.75) is 39.7 Å². The van der Waals surface area contributed by atoms with Gasteiger partial charge in [-0.15, -0.1) is 0 Å². The Labute approximate surface area is 113 Å². The van der Waals surface area contributed by atoms with Crippen molar-refractivity contribution in [2.24, 2.45) is 0 Å². The van der Waals surface area contributed by atoms with Gasteiger partial charge in [0.1, 0.15) is 6.54 Å². The lowest BCUT2D eigenvalue weighted by Gasteiger charge is -2.33. The van der Waals surface area contributed by atoms with Crippen LogP contribution in [0.5, 0.6) is 0 Å². The second-order valence-electron chi connectivity index (χ2n) is 4.94. The van der Waals surface area contributed by atoms with Gasteiger partial charge in [-0.25, -0.2) is 8.42 Å². The number of carbonyl (C=O) groups excluding carboxylic acids is 1. The number of nitrogens with zero attached hydrogens (tertiary/aromatic N) is 1. The maximum Gasteiger partial charge on any atom is 0.318 e. The Bertz CT molecular complexity index is 423. The van der Waals surface area contributed by atoms with E-state index < -0.39 is 39.8 Å². The zero-order valence-corrected chi connectivity index (χ0v) is 12.5. The lowest BCUT2D eigenvalue weighted by molar-refractivity contribution is -0.142. The normalized spacial score (nSPS) is 12.5. The monoisotopic (exact) mass is 295 g/mol. The predicted molar refractivity (Wildman–Crippen MR) is 69.1 cm³/mol. The topological polar surface area (TPSA) is 101 Å². The second-order valence-corrected chi connectivity index (χ2v) is 6.96. The number of carbonyl (C=O) groups is 2. The molecule has 0 rings (SSSR count). The van der Waals surface area contributed by atoms with Crippen LogP contribution in [0.2, 0.25) is 0 Å². The summed E-state index contributed by atoms with van der Waals surface area (Å²) in [6.45, 7) is 5.96. The van der Waals surface area contributed by atoms with E-state index in [4.69, 9.17) is 5.11 Å². The minimum absolute atomic E-state index is 0.178. The van der Waals surface area contributed by atoms with Gasteiger partial charge in [-0.3, -0.25) is 9.59 Å². The molecular formula is C11H21NO6S. The van der Waals surface area contributed by atoms with Crippen LogP contribution in [0.25, 0.3) is 0 Å². The molecule has 0 saturated heterocycles. The van der Waals surface area contributed by atoms with Crippen molar-refractivity contribution in [3.8, 4) is 0 Å². The minimum Gasteiger partial charge on any atom is -0.480 e. The molecule has 0 atom stereocenters. The van der Waals surface area contributed by atoms with Crippen LogP contribution in [0.4, 0.5) is 0 Å². The number of rotatable bonds is 7. The van der Waals surface area contributed by atoms with E-state index in [-0.39, 0.29) is 13.0 Å². The molecule has 0 saturated carbocycles. The van der Waals surface area contributed by atoms with E-state index >= 15 is 0 Å². The third-order valence-electron chi connectivity index (χ3n) is 2.23. The fourth-order valence-corrected chi connectivity index (χ4v) is 3.22. The summed E-state index contributed by atoms with van der Waals surface area (Å²) in [5.41, 5.74) is -0.869. The van der Waals surface area contributed by atoms with Gasteiger partial charge in [0.25, 0.3) is 0 Å². The van der Waals surface area contributed by atoms with Crippen LogP contribution < -0.4 is 0 Å². The highest BCUT2D eigenvalue weighted by molar-refractivity contribution is 7.89. The summed E-state index contributed by atoms with van der Waals surface area (Å²) in [6.07, 6.45) is -0.289. The Hall–Kier alpha value is -1.15. The van der Waals surface area contributed by atoms with Crippen molar-refractivity contribution in [1.29, 1.82) is 0 Å². The molecule has 8 heteroatoms. The van der Waals surface area contributed by atoms with Gasteiger partial charge in [-0.1, -0.05) is 0 Å². The lowest BCUT2D eigenvalue weighted by Crippen LogP contribution is -2.49. The van der Waals surface area contributed by atoms with E-state index in [0.717, 1.165) is 4.31 Å². The molecule has 0 amide bonds. The van der Waals surface area contributed by atoms with Crippen LogP contribution in [0.15, 0.2) is 0 Å². The minimum atomic E-state index is -3.84. The highest BCUT2D eigenvalue weighted by atomic mass is 32.2. The maximum atomic E-state index is 12.1. The zero-order valence-electron chi connectivity index (χ0n) is 11.7. The molecular weight excluding hydrogens is 274 g/mol. The summed E-state index contributed by atoms with van der Waals surface area (Å²) in [4.78, 5) is 21.9. The summed E-state index contributed by atoms with van der Waals surface area (Å²) in [7, 11) is -3.84. The molecule has 0 radical (unpaired) electrons. The largest absolute Gasteiger partial charge is 0.480 e. The number of hydrogen-bond donors (Lipinski definition) is 1. The first-order valence-electron chi connectivity index (χ1n) is 5.88. The number of aliphatic carboxylic acids is 1. The highest BCUT2D eigenvalue weighted by Gasteiger charge is 2.34. The Kier molecular flexibility index (Phi) is 6.44. The van der Waals surface area contributed by atoms with Crippen LogP contribution in [0.3, 0.4) is 0 Å². The molecule has 112 valence electrons. The molecule has 0 unspecified atom stereocenters. The van der Waals surface area contributed by atoms with Gasteiger partial charge in [0.05, 0.1) is 18.8 Å². The Morgan fingerprint density at radius 3 is 2.16 bits per heavy atom. The van der Waals surface area contributed by atoms with Crippen LogP contribution >= 0.6 is 0 Å². The second kappa shape index (κ2) is 6.85. The van der Waals surface area contributed by atoms with Crippen molar-refractivity contribution in [3.05, 3.63) is 0 Å². The summed E-state index contributed by atoms with van der Waals surface area (Å²) < 4.78 is 29.7. The number of carboxylic acid groups (broad SMARTS) is 1. The van der Waals surface area contributed by atoms with Gasteiger partial charge in [-0.2, -0.15) is 4.31 Å². The summed E-state index contributed by atoms with van der Waals surface area (Å²) in [5.74, 6) is -2.32. The van der Waals surface area contributed by atoms with E-state index in [1.165, 1.54) is 0 Å². The summed E-state index contributed by atoms with van der Waals surface area (Å²) in [6, 6.07) is 0. The fraction of sp³-hybridized carbons (Fsp3) is 0.818. The standard InChI is InChI=1S/C11H21NO6S/c1-5-18-10(15)6-7-19(16,17)12(8-9(13)14)11(2,3)4/h5-8H2,1-4H3,(H,13,14). The molecule has 7 nitrogen and oxygen atoms in total. The predicted octanol–water partition coefficient (Wildman–Crippen LogP) is 0.454. The molecule has 1 N–H and O–H groups in total. The van der Waals surface area contributed by atoms with Gasteiger partial charge in [0, 0.05) is 5.54 Å². The molecule has 0 aliphatic heterocycles. The Morgan fingerprint density at radius 2 is 1.79 bits per heavy atom. The maximum absolute atomic E-state index is 12.1. The number of carboxylic acids is 1. The van der Waals surface area contributed by atoms with E-state index in [1.807, 2.05) is 0 Å². The number of hydrogen-bond acceptors (Lipinski definition) is 5. The average molecular weight is 295 g/mol.